The molecule has 130 valence electrons. The van der Waals surface area contributed by atoms with Gasteiger partial charge in [0.25, 0.3) is 11.6 Å². The van der Waals surface area contributed by atoms with Crippen molar-refractivity contribution in [1.29, 1.82) is 0 Å². The van der Waals surface area contributed by atoms with Crippen molar-refractivity contribution in [2.24, 2.45) is 0 Å². The highest BCUT2D eigenvalue weighted by Crippen LogP contribution is 2.26. The van der Waals surface area contributed by atoms with E-state index in [4.69, 9.17) is 0 Å². The molecule has 7 heteroatoms. The highest BCUT2D eigenvalue weighted by atomic mass is 19.1. The van der Waals surface area contributed by atoms with Crippen LogP contribution in [0.15, 0.2) is 42.5 Å². The van der Waals surface area contributed by atoms with Gasteiger partial charge in [0.1, 0.15) is 11.4 Å². The standard InChI is InChI=1S/C18H18FN3O3/c19-15-12-13(8-9-17(15)21-10-4-1-5-11-21)20-18(23)14-6-2-3-7-16(14)22(24)25/h2-3,6-9,12H,1,4-5,10-11H2,(H,20,23). The fraction of sp³-hybridized carbons (Fsp3) is 0.278. The number of piperidine rings is 1. The zero-order valence-electron chi connectivity index (χ0n) is 13.6. The molecular weight excluding hydrogens is 325 g/mol. The van der Waals surface area contributed by atoms with Crippen LogP contribution in [0.2, 0.25) is 0 Å². The first-order chi connectivity index (χ1) is 12.1. The fourth-order valence-electron chi connectivity index (χ4n) is 3.00. The zero-order chi connectivity index (χ0) is 17.8. The molecule has 25 heavy (non-hydrogen) atoms. The third kappa shape index (κ3) is 3.76. The Hall–Kier alpha value is -2.96. The molecular formula is C18H18FN3O3. The largest absolute Gasteiger partial charge is 0.369 e. The lowest BCUT2D eigenvalue weighted by Gasteiger charge is -2.29. The molecule has 0 radical (unpaired) electrons. The molecule has 1 heterocycles. The topological polar surface area (TPSA) is 75.5 Å². The molecule has 3 rings (SSSR count). The first-order valence-electron chi connectivity index (χ1n) is 8.15. The summed E-state index contributed by atoms with van der Waals surface area (Å²) in [6.07, 6.45) is 3.23. The van der Waals surface area contributed by atoms with E-state index in [9.17, 15) is 19.3 Å². The number of carbonyl (C=O) groups is 1. The van der Waals surface area contributed by atoms with Crippen LogP contribution in [0.1, 0.15) is 29.6 Å². The molecule has 1 saturated heterocycles. The van der Waals surface area contributed by atoms with E-state index in [1.54, 1.807) is 18.2 Å². The van der Waals surface area contributed by atoms with Crippen molar-refractivity contribution in [3.05, 3.63) is 64.0 Å². The van der Waals surface area contributed by atoms with Gasteiger partial charge in [0.2, 0.25) is 0 Å². The number of para-hydroxylation sites is 1. The Morgan fingerprint density at radius 3 is 2.52 bits per heavy atom. The monoisotopic (exact) mass is 343 g/mol. The number of nitrogens with one attached hydrogen (secondary N) is 1. The molecule has 0 aliphatic carbocycles. The quantitative estimate of drug-likeness (QED) is 0.673. The molecule has 2 aromatic rings. The molecule has 2 aromatic carbocycles. The van der Waals surface area contributed by atoms with Crippen molar-refractivity contribution < 1.29 is 14.1 Å². The molecule has 1 aliphatic heterocycles. The SMILES string of the molecule is O=C(Nc1ccc(N2CCCCC2)c(F)c1)c1ccccc1[N+](=O)[O-]. The van der Waals surface area contributed by atoms with Gasteiger partial charge in [0, 0.05) is 24.8 Å². The fourth-order valence-corrected chi connectivity index (χ4v) is 3.00. The second-order valence-corrected chi connectivity index (χ2v) is 5.94. The number of carbonyl (C=O) groups excluding carboxylic acids is 1. The minimum Gasteiger partial charge on any atom is -0.369 e. The smallest absolute Gasteiger partial charge is 0.282 e. The van der Waals surface area contributed by atoms with Crippen LogP contribution in [-0.2, 0) is 0 Å². The summed E-state index contributed by atoms with van der Waals surface area (Å²) in [7, 11) is 0. The second kappa shape index (κ2) is 7.29. The van der Waals surface area contributed by atoms with E-state index in [0.717, 1.165) is 32.4 Å². The number of nitro benzene ring substituents is 1. The Balaban J connectivity index is 1.78. The van der Waals surface area contributed by atoms with Crippen LogP contribution in [-0.4, -0.2) is 23.9 Å². The number of nitro groups is 1. The number of halogens is 1. The Bertz CT molecular complexity index is 804. The number of hydrogen-bond donors (Lipinski definition) is 1. The number of amides is 1. The van der Waals surface area contributed by atoms with Crippen LogP contribution in [0.3, 0.4) is 0 Å². The summed E-state index contributed by atoms with van der Waals surface area (Å²) in [5.74, 6) is -1.06. The summed E-state index contributed by atoms with van der Waals surface area (Å²) in [4.78, 5) is 24.7. The van der Waals surface area contributed by atoms with Gasteiger partial charge in [-0.15, -0.1) is 0 Å². The third-order valence-corrected chi connectivity index (χ3v) is 4.25. The number of benzene rings is 2. The van der Waals surface area contributed by atoms with Gasteiger partial charge in [-0.05, 0) is 43.5 Å². The van der Waals surface area contributed by atoms with Crippen LogP contribution < -0.4 is 10.2 Å². The molecule has 0 bridgehead atoms. The lowest BCUT2D eigenvalue weighted by atomic mass is 10.1. The van der Waals surface area contributed by atoms with Crippen molar-refractivity contribution >= 4 is 23.0 Å². The summed E-state index contributed by atoms with van der Waals surface area (Å²) >= 11 is 0. The van der Waals surface area contributed by atoms with Gasteiger partial charge >= 0.3 is 0 Å². The summed E-state index contributed by atoms with van der Waals surface area (Å²) in [5.41, 5.74) is 0.434. The van der Waals surface area contributed by atoms with Crippen molar-refractivity contribution in [1.82, 2.24) is 0 Å². The van der Waals surface area contributed by atoms with Gasteiger partial charge in [-0.1, -0.05) is 12.1 Å². The van der Waals surface area contributed by atoms with Crippen LogP contribution in [0.4, 0.5) is 21.5 Å². The highest BCUT2D eigenvalue weighted by Gasteiger charge is 2.20. The third-order valence-electron chi connectivity index (χ3n) is 4.25. The maximum atomic E-state index is 14.4. The predicted octanol–water partition coefficient (Wildman–Crippen LogP) is 3.98. The Labute approximate surface area is 144 Å². The molecule has 0 atom stereocenters. The lowest BCUT2D eigenvalue weighted by Crippen LogP contribution is -2.30. The summed E-state index contributed by atoms with van der Waals surface area (Å²) in [6.45, 7) is 1.64. The first kappa shape index (κ1) is 16.9. The Kier molecular flexibility index (Phi) is 4.92. The zero-order valence-corrected chi connectivity index (χ0v) is 13.6. The molecule has 0 saturated carbocycles. The van der Waals surface area contributed by atoms with E-state index in [1.807, 2.05) is 4.90 Å². The minimum atomic E-state index is -0.641. The second-order valence-electron chi connectivity index (χ2n) is 5.94. The molecule has 1 aliphatic rings. The van der Waals surface area contributed by atoms with Crippen LogP contribution in [0.5, 0.6) is 0 Å². The van der Waals surface area contributed by atoms with Gasteiger partial charge in [0.05, 0.1) is 10.6 Å². The van der Waals surface area contributed by atoms with Gasteiger partial charge in [-0.3, -0.25) is 14.9 Å². The van der Waals surface area contributed by atoms with E-state index in [0.29, 0.717) is 5.69 Å². The summed E-state index contributed by atoms with van der Waals surface area (Å²) < 4.78 is 14.4. The molecule has 1 amide bonds. The van der Waals surface area contributed by atoms with Crippen LogP contribution >= 0.6 is 0 Å². The van der Waals surface area contributed by atoms with E-state index in [-0.39, 0.29) is 16.9 Å². The Morgan fingerprint density at radius 2 is 1.84 bits per heavy atom. The van der Waals surface area contributed by atoms with E-state index in [2.05, 4.69) is 5.32 Å². The number of rotatable bonds is 4. The first-order valence-corrected chi connectivity index (χ1v) is 8.15. The van der Waals surface area contributed by atoms with Gasteiger partial charge in [-0.2, -0.15) is 0 Å². The van der Waals surface area contributed by atoms with E-state index < -0.39 is 16.6 Å². The normalized spacial score (nSPS) is 14.2. The number of hydrogen-bond acceptors (Lipinski definition) is 4. The average molecular weight is 343 g/mol. The van der Waals surface area contributed by atoms with Gasteiger partial charge < -0.3 is 10.2 Å². The maximum Gasteiger partial charge on any atom is 0.282 e. The molecule has 1 N–H and O–H groups in total. The van der Waals surface area contributed by atoms with Crippen molar-refractivity contribution in [3.63, 3.8) is 0 Å². The minimum absolute atomic E-state index is 0.0620. The summed E-state index contributed by atoms with van der Waals surface area (Å²) in [5, 5.41) is 13.5. The molecule has 6 nitrogen and oxygen atoms in total. The molecule has 0 aromatic heterocycles. The predicted molar refractivity (Wildman–Crippen MR) is 93.5 cm³/mol. The number of anilines is 2. The Morgan fingerprint density at radius 1 is 1.12 bits per heavy atom. The lowest BCUT2D eigenvalue weighted by molar-refractivity contribution is -0.385. The van der Waals surface area contributed by atoms with E-state index >= 15 is 0 Å². The summed E-state index contributed by atoms with van der Waals surface area (Å²) in [6, 6.07) is 10.1. The molecule has 0 spiro atoms. The van der Waals surface area contributed by atoms with Crippen molar-refractivity contribution in [2.45, 2.75) is 19.3 Å². The maximum absolute atomic E-state index is 14.4. The highest BCUT2D eigenvalue weighted by molar-refractivity contribution is 6.07. The van der Waals surface area contributed by atoms with Crippen molar-refractivity contribution in [3.8, 4) is 0 Å². The van der Waals surface area contributed by atoms with Gasteiger partial charge in [0.15, 0.2) is 0 Å². The molecule has 1 fully saturated rings. The average Bonchev–Trinajstić information content (AvgIpc) is 2.62. The molecule has 0 unspecified atom stereocenters. The van der Waals surface area contributed by atoms with E-state index in [1.165, 1.54) is 24.3 Å². The van der Waals surface area contributed by atoms with Gasteiger partial charge in [-0.25, -0.2) is 4.39 Å². The number of nitrogens with zero attached hydrogens (tertiary/aromatic N) is 2. The van der Waals surface area contributed by atoms with Crippen LogP contribution in [0.25, 0.3) is 0 Å². The van der Waals surface area contributed by atoms with Crippen molar-refractivity contribution in [2.75, 3.05) is 23.3 Å². The van der Waals surface area contributed by atoms with Crippen LogP contribution in [0, 0.1) is 15.9 Å².